The average Bonchev–Trinajstić information content (AvgIpc) is 3.11. The van der Waals surface area contributed by atoms with Crippen molar-refractivity contribution in [3.8, 4) is 0 Å². The molecule has 126 valence electrons. The molecular weight excluding hydrogens is 366 g/mol. The topological polar surface area (TPSA) is 50.3 Å². The predicted octanol–water partition coefficient (Wildman–Crippen LogP) is 4.00. The number of para-hydroxylation sites is 1. The summed E-state index contributed by atoms with van der Waals surface area (Å²) in [4.78, 5) is 30.1. The molecule has 1 saturated heterocycles. The van der Waals surface area contributed by atoms with E-state index in [1.165, 1.54) is 29.2 Å². The molecule has 0 N–H and O–H groups in total. The Hall–Kier alpha value is -2.32. The van der Waals surface area contributed by atoms with Crippen molar-refractivity contribution in [2.75, 3.05) is 4.90 Å². The number of carbonyl (C=O) groups excluding carboxylic acids is 2. The van der Waals surface area contributed by atoms with E-state index in [9.17, 15) is 18.4 Å². The third-order valence-corrected chi connectivity index (χ3v) is 6.10. The monoisotopic (exact) mass is 376 g/mol. The molecule has 2 heterocycles. The Labute approximate surface area is 149 Å². The molecule has 25 heavy (non-hydrogen) atoms. The number of imide groups is 1. The molecule has 2 amide bonds. The number of thiazole rings is 1. The van der Waals surface area contributed by atoms with Gasteiger partial charge in [-0.25, -0.2) is 18.7 Å². The van der Waals surface area contributed by atoms with Crippen LogP contribution in [0.5, 0.6) is 0 Å². The SMILES string of the molecule is O=C1CC(Sc2nc3ccccc3s2)C(=O)N1c1ccc(F)c(F)c1. The van der Waals surface area contributed by atoms with Crippen LogP contribution in [0.3, 0.4) is 0 Å². The van der Waals surface area contributed by atoms with Crippen molar-refractivity contribution in [1.29, 1.82) is 0 Å². The Balaban J connectivity index is 1.59. The number of hydrogen-bond donors (Lipinski definition) is 0. The van der Waals surface area contributed by atoms with Crippen LogP contribution < -0.4 is 4.90 Å². The van der Waals surface area contributed by atoms with Crippen LogP contribution in [0.4, 0.5) is 14.5 Å². The van der Waals surface area contributed by atoms with Crippen molar-refractivity contribution in [2.24, 2.45) is 0 Å². The largest absolute Gasteiger partial charge is 0.274 e. The summed E-state index contributed by atoms with van der Waals surface area (Å²) in [6.07, 6.45) is -0.00157. The van der Waals surface area contributed by atoms with Gasteiger partial charge < -0.3 is 0 Å². The van der Waals surface area contributed by atoms with Gasteiger partial charge in [0.1, 0.15) is 5.25 Å². The number of amides is 2. The summed E-state index contributed by atoms with van der Waals surface area (Å²) >= 11 is 2.67. The van der Waals surface area contributed by atoms with E-state index in [1.54, 1.807) is 0 Å². The maximum absolute atomic E-state index is 13.4. The Morgan fingerprint density at radius 3 is 2.68 bits per heavy atom. The van der Waals surface area contributed by atoms with E-state index in [4.69, 9.17) is 0 Å². The highest BCUT2D eigenvalue weighted by molar-refractivity contribution is 8.02. The number of carbonyl (C=O) groups is 2. The summed E-state index contributed by atoms with van der Waals surface area (Å²) < 4.78 is 28.2. The summed E-state index contributed by atoms with van der Waals surface area (Å²) in [5.41, 5.74) is 0.880. The van der Waals surface area contributed by atoms with Crippen molar-refractivity contribution in [1.82, 2.24) is 4.98 Å². The van der Waals surface area contributed by atoms with Crippen LogP contribution >= 0.6 is 23.1 Å². The fraction of sp³-hybridized carbons (Fsp3) is 0.118. The van der Waals surface area contributed by atoms with Crippen LogP contribution in [0, 0.1) is 11.6 Å². The van der Waals surface area contributed by atoms with Crippen LogP contribution in [0.1, 0.15) is 6.42 Å². The van der Waals surface area contributed by atoms with E-state index in [-0.39, 0.29) is 12.1 Å². The molecule has 2 aromatic carbocycles. The summed E-state index contributed by atoms with van der Waals surface area (Å²) in [5.74, 6) is -3.00. The number of aromatic nitrogens is 1. The van der Waals surface area contributed by atoms with Crippen molar-refractivity contribution in [3.63, 3.8) is 0 Å². The van der Waals surface area contributed by atoms with E-state index >= 15 is 0 Å². The minimum Gasteiger partial charge on any atom is -0.274 e. The lowest BCUT2D eigenvalue weighted by atomic mass is 10.3. The summed E-state index contributed by atoms with van der Waals surface area (Å²) in [6, 6.07) is 10.6. The van der Waals surface area contributed by atoms with Crippen LogP contribution in [0.25, 0.3) is 10.2 Å². The minimum atomic E-state index is -1.10. The fourth-order valence-corrected chi connectivity index (χ4v) is 4.95. The molecule has 1 atom stereocenters. The molecule has 1 aromatic heterocycles. The van der Waals surface area contributed by atoms with E-state index in [0.717, 1.165) is 27.2 Å². The molecule has 1 unspecified atom stereocenters. The van der Waals surface area contributed by atoms with Gasteiger partial charge in [0.15, 0.2) is 16.0 Å². The number of thioether (sulfide) groups is 1. The zero-order valence-corrected chi connectivity index (χ0v) is 14.2. The highest BCUT2D eigenvalue weighted by Gasteiger charge is 2.40. The average molecular weight is 376 g/mol. The molecule has 0 bridgehead atoms. The van der Waals surface area contributed by atoms with Crippen molar-refractivity contribution in [2.45, 2.75) is 16.0 Å². The number of fused-ring (bicyclic) bond motifs is 1. The molecule has 1 aliphatic heterocycles. The molecular formula is C17H10F2N2O2S2. The molecule has 0 spiro atoms. The summed E-state index contributed by atoms with van der Waals surface area (Å²) in [7, 11) is 0. The normalized spacial score (nSPS) is 17.7. The predicted molar refractivity (Wildman–Crippen MR) is 92.7 cm³/mol. The number of nitrogens with zero attached hydrogens (tertiary/aromatic N) is 2. The minimum absolute atomic E-state index is 0.00157. The molecule has 4 nitrogen and oxygen atoms in total. The second-order valence-corrected chi connectivity index (χ2v) is 7.90. The van der Waals surface area contributed by atoms with Gasteiger partial charge in [-0.1, -0.05) is 23.9 Å². The van der Waals surface area contributed by atoms with Crippen molar-refractivity contribution >= 4 is 50.8 Å². The van der Waals surface area contributed by atoms with Crippen LogP contribution in [0.2, 0.25) is 0 Å². The second kappa shape index (κ2) is 6.20. The lowest BCUT2D eigenvalue weighted by Crippen LogP contribution is -2.31. The van der Waals surface area contributed by atoms with E-state index in [0.29, 0.717) is 4.34 Å². The Morgan fingerprint density at radius 2 is 1.92 bits per heavy atom. The Kier molecular flexibility index (Phi) is 4.01. The number of rotatable bonds is 3. The molecule has 1 fully saturated rings. The van der Waals surface area contributed by atoms with E-state index in [1.807, 2.05) is 24.3 Å². The van der Waals surface area contributed by atoms with Crippen LogP contribution in [-0.2, 0) is 9.59 Å². The Bertz CT molecular complexity index is 972. The van der Waals surface area contributed by atoms with Gasteiger partial charge in [0.25, 0.3) is 0 Å². The Morgan fingerprint density at radius 1 is 1.12 bits per heavy atom. The molecule has 4 rings (SSSR count). The molecule has 1 aliphatic rings. The summed E-state index contributed by atoms with van der Waals surface area (Å²) in [5, 5.41) is -0.624. The fourth-order valence-electron chi connectivity index (χ4n) is 2.61. The number of hydrogen-bond acceptors (Lipinski definition) is 5. The summed E-state index contributed by atoms with van der Waals surface area (Å²) in [6.45, 7) is 0. The smallest absolute Gasteiger partial charge is 0.247 e. The highest BCUT2D eigenvalue weighted by atomic mass is 32.2. The lowest BCUT2D eigenvalue weighted by Gasteiger charge is -2.14. The maximum atomic E-state index is 13.4. The first-order valence-corrected chi connectivity index (χ1v) is 9.06. The first kappa shape index (κ1) is 16.2. The standard InChI is InChI=1S/C17H10F2N2O2S2/c18-10-6-5-9(7-11(10)19)21-15(22)8-14(16(21)23)25-17-20-12-3-1-2-4-13(12)24-17/h1-7,14H,8H2. The number of benzene rings is 2. The number of anilines is 1. The third-order valence-electron chi connectivity index (χ3n) is 3.78. The highest BCUT2D eigenvalue weighted by Crippen LogP contribution is 2.37. The van der Waals surface area contributed by atoms with Gasteiger partial charge in [-0.15, -0.1) is 11.3 Å². The van der Waals surface area contributed by atoms with Crippen molar-refractivity contribution < 1.29 is 18.4 Å². The molecule has 3 aromatic rings. The van der Waals surface area contributed by atoms with Gasteiger partial charge >= 0.3 is 0 Å². The zero-order valence-electron chi connectivity index (χ0n) is 12.6. The number of halogens is 2. The first-order valence-electron chi connectivity index (χ1n) is 7.37. The lowest BCUT2D eigenvalue weighted by molar-refractivity contribution is -0.121. The van der Waals surface area contributed by atoms with Gasteiger partial charge in [-0.3, -0.25) is 9.59 Å². The quantitative estimate of drug-likeness (QED) is 0.649. The van der Waals surface area contributed by atoms with E-state index < -0.39 is 28.7 Å². The first-order chi connectivity index (χ1) is 12.0. The van der Waals surface area contributed by atoms with Crippen LogP contribution in [-0.4, -0.2) is 22.0 Å². The van der Waals surface area contributed by atoms with Gasteiger partial charge in [0.05, 0.1) is 15.9 Å². The maximum Gasteiger partial charge on any atom is 0.247 e. The van der Waals surface area contributed by atoms with E-state index in [2.05, 4.69) is 4.98 Å². The van der Waals surface area contributed by atoms with Gasteiger partial charge in [-0.2, -0.15) is 0 Å². The van der Waals surface area contributed by atoms with Gasteiger partial charge in [0.2, 0.25) is 11.8 Å². The second-order valence-electron chi connectivity index (χ2n) is 5.42. The zero-order chi connectivity index (χ0) is 17.6. The molecule has 0 aliphatic carbocycles. The molecule has 8 heteroatoms. The molecule has 0 radical (unpaired) electrons. The van der Waals surface area contributed by atoms with Gasteiger partial charge in [-0.05, 0) is 24.3 Å². The third kappa shape index (κ3) is 2.91. The van der Waals surface area contributed by atoms with Crippen molar-refractivity contribution in [3.05, 3.63) is 54.1 Å². The van der Waals surface area contributed by atoms with Gasteiger partial charge in [0, 0.05) is 12.5 Å². The van der Waals surface area contributed by atoms with Crippen LogP contribution in [0.15, 0.2) is 46.8 Å². The molecule has 0 saturated carbocycles.